The Labute approximate surface area is 260 Å². The molecular weight excluding hydrogens is 571 g/mol. The number of hydrogen-bond acceptors (Lipinski definition) is 6. The van der Waals surface area contributed by atoms with Gasteiger partial charge in [0.1, 0.15) is 11.5 Å². The number of benzene rings is 4. The number of carbonyl (C=O) groups is 2. The van der Waals surface area contributed by atoms with E-state index < -0.39 is 17.6 Å². The average molecular weight is 605 g/mol. The average Bonchev–Trinajstić information content (AvgIpc) is 3.07. The zero-order valence-corrected chi connectivity index (χ0v) is 25.1. The summed E-state index contributed by atoms with van der Waals surface area (Å²) in [5, 5.41) is 6.41. The van der Waals surface area contributed by atoms with Crippen LogP contribution in [-0.4, -0.2) is 49.0 Å². The van der Waals surface area contributed by atoms with Crippen LogP contribution in [0.25, 0.3) is 10.9 Å². The van der Waals surface area contributed by atoms with Crippen LogP contribution in [-0.2, 0) is 19.4 Å². The number of hydrogen-bond donors (Lipinski definition) is 2. The van der Waals surface area contributed by atoms with Gasteiger partial charge >= 0.3 is 0 Å². The van der Waals surface area contributed by atoms with Gasteiger partial charge in [0.05, 0.1) is 31.0 Å². The lowest BCUT2D eigenvalue weighted by molar-refractivity contribution is 0.102. The third-order valence-electron chi connectivity index (χ3n) is 8.03. The first-order valence-corrected chi connectivity index (χ1v) is 14.7. The minimum absolute atomic E-state index is 0.0586. The van der Waals surface area contributed by atoms with Crippen LogP contribution >= 0.6 is 0 Å². The molecule has 0 bridgehead atoms. The van der Waals surface area contributed by atoms with Crippen molar-refractivity contribution in [3.05, 3.63) is 125 Å². The SMILES string of the molecule is COc1cc2c(cc1OC)CN(CCc1ccc(NC(=O)c3ccc(F)cc3NC(=O)c3ccc4ccccc4n3)cc1)CC2. The minimum atomic E-state index is -0.575. The molecule has 0 aliphatic carbocycles. The standard InChI is InChI=1S/C36H33FN4O4/c1-44-33-19-25-16-18-41(22-26(25)20-34(33)45-2)17-15-23-7-11-28(12-8-23)38-35(42)29-13-10-27(37)21-32(29)40-36(43)31-14-9-24-5-3-4-6-30(24)39-31/h3-14,19-21H,15-18,22H2,1-2H3,(H,38,42)(H,40,43). The predicted octanol–water partition coefficient (Wildman–Crippen LogP) is 6.50. The van der Waals surface area contributed by atoms with Crippen molar-refractivity contribution in [3.63, 3.8) is 0 Å². The van der Waals surface area contributed by atoms with Crippen LogP contribution in [0.5, 0.6) is 11.5 Å². The fourth-order valence-electron chi connectivity index (χ4n) is 5.57. The molecule has 2 heterocycles. The summed E-state index contributed by atoms with van der Waals surface area (Å²) < 4.78 is 25.1. The summed E-state index contributed by atoms with van der Waals surface area (Å²) in [6.45, 7) is 2.70. The zero-order chi connectivity index (χ0) is 31.3. The van der Waals surface area contributed by atoms with Crippen molar-refractivity contribution in [1.29, 1.82) is 0 Å². The van der Waals surface area contributed by atoms with Gasteiger partial charge in [0, 0.05) is 30.7 Å². The lowest BCUT2D eigenvalue weighted by Gasteiger charge is -2.29. The van der Waals surface area contributed by atoms with E-state index in [4.69, 9.17) is 9.47 Å². The molecule has 8 nitrogen and oxygen atoms in total. The number of ether oxygens (including phenoxy) is 2. The Morgan fingerprint density at radius 3 is 2.38 bits per heavy atom. The number of para-hydroxylation sites is 1. The Morgan fingerprint density at radius 1 is 0.844 bits per heavy atom. The first-order valence-electron chi connectivity index (χ1n) is 14.7. The second-order valence-electron chi connectivity index (χ2n) is 10.9. The van der Waals surface area contributed by atoms with E-state index in [1.54, 1.807) is 32.4 Å². The quantitative estimate of drug-likeness (QED) is 0.200. The zero-order valence-electron chi connectivity index (χ0n) is 25.1. The molecule has 2 N–H and O–H groups in total. The molecule has 0 spiro atoms. The lowest BCUT2D eigenvalue weighted by atomic mass is 9.98. The number of halogens is 1. The van der Waals surface area contributed by atoms with E-state index in [-0.39, 0.29) is 16.9 Å². The van der Waals surface area contributed by atoms with Gasteiger partial charge in [-0.05, 0) is 84.1 Å². The largest absolute Gasteiger partial charge is 0.493 e. The molecule has 228 valence electrons. The maximum absolute atomic E-state index is 14.2. The van der Waals surface area contributed by atoms with Crippen molar-refractivity contribution in [2.24, 2.45) is 0 Å². The van der Waals surface area contributed by atoms with E-state index in [9.17, 15) is 14.0 Å². The van der Waals surface area contributed by atoms with Crippen molar-refractivity contribution in [2.45, 2.75) is 19.4 Å². The van der Waals surface area contributed by atoms with Gasteiger partial charge in [0.25, 0.3) is 11.8 Å². The molecule has 0 fully saturated rings. The van der Waals surface area contributed by atoms with Crippen molar-refractivity contribution < 1.29 is 23.5 Å². The number of carbonyl (C=O) groups excluding carboxylic acids is 2. The molecule has 45 heavy (non-hydrogen) atoms. The van der Waals surface area contributed by atoms with Gasteiger partial charge < -0.3 is 20.1 Å². The van der Waals surface area contributed by atoms with E-state index in [0.29, 0.717) is 11.2 Å². The van der Waals surface area contributed by atoms with Crippen molar-refractivity contribution >= 4 is 34.1 Å². The van der Waals surface area contributed by atoms with E-state index in [1.165, 1.54) is 23.3 Å². The Hall–Kier alpha value is -5.28. The fraction of sp³-hybridized carbons (Fsp3) is 0.194. The van der Waals surface area contributed by atoms with Crippen LogP contribution in [0.2, 0.25) is 0 Å². The van der Waals surface area contributed by atoms with E-state index in [2.05, 4.69) is 32.7 Å². The highest BCUT2D eigenvalue weighted by molar-refractivity contribution is 6.12. The second kappa shape index (κ2) is 13.2. The molecule has 6 rings (SSSR count). The van der Waals surface area contributed by atoms with Gasteiger partial charge in [0.2, 0.25) is 0 Å². The van der Waals surface area contributed by atoms with Gasteiger partial charge in [-0.3, -0.25) is 14.5 Å². The van der Waals surface area contributed by atoms with Gasteiger partial charge in [-0.1, -0.05) is 36.4 Å². The molecule has 9 heteroatoms. The second-order valence-corrected chi connectivity index (χ2v) is 10.9. The van der Waals surface area contributed by atoms with Gasteiger partial charge in [-0.25, -0.2) is 9.37 Å². The lowest BCUT2D eigenvalue weighted by Crippen LogP contribution is -2.32. The van der Waals surface area contributed by atoms with Crippen LogP contribution in [0.4, 0.5) is 15.8 Å². The van der Waals surface area contributed by atoms with Crippen LogP contribution in [0.3, 0.4) is 0 Å². The molecule has 0 saturated heterocycles. The van der Waals surface area contributed by atoms with Crippen molar-refractivity contribution in [3.8, 4) is 11.5 Å². The van der Waals surface area contributed by atoms with Crippen molar-refractivity contribution in [1.82, 2.24) is 9.88 Å². The summed E-state index contributed by atoms with van der Waals surface area (Å²) in [6.07, 6.45) is 1.80. The molecular formula is C36H33FN4O4. The topological polar surface area (TPSA) is 92.8 Å². The van der Waals surface area contributed by atoms with Crippen molar-refractivity contribution in [2.75, 3.05) is 37.9 Å². The summed E-state index contributed by atoms with van der Waals surface area (Å²) in [7, 11) is 3.31. The third kappa shape index (κ3) is 6.78. The highest BCUT2D eigenvalue weighted by Crippen LogP contribution is 2.33. The minimum Gasteiger partial charge on any atom is -0.493 e. The number of amides is 2. The number of rotatable bonds is 9. The van der Waals surface area contributed by atoms with Gasteiger partial charge in [0.15, 0.2) is 11.5 Å². The molecule has 0 saturated carbocycles. The van der Waals surface area contributed by atoms with E-state index in [0.717, 1.165) is 61.0 Å². The molecule has 2 amide bonds. The summed E-state index contributed by atoms with van der Waals surface area (Å²) in [4.78, 5) is 33.0. The van der Waals surface area contributed by atoms with E-state index >= 15 is 0 Å². The predicted molar refractivity (Wildman–Crippen MR) is 173 cm³/mol. The Bertz CT molecular complexity index is 1880. The number of methoxy groups -OCH3 is 2. The van der Waals surface area contributed by atoms with Crippen LogP contribution in [0.1, 0.15) is 37.5 Å². The molecule has 0 atom stereocenters. The molecule has 1 aliphatic rings. The number of nitrogens with zero attached hydrogens (tertiary/aromatic N) is 2. The Morgan fingerprint density at radius 2 is 1.60 bits per heavy atom. The molecule has 1 aromatic heterocycles. The third-order valence-corrected chi connectivity index (χ3v) is 8.03. The normalized spacial score (nSPS) is 12.8. The highest BCUT2D eigenvalue weighted by atomic mass is 19.1. The van der Waals surface area contributed by atoms with Crippen LogP contribution < -0.4 is 20.1 Å². The maximum Gasteiger partial charge on any atom is 0.274 e. The Kier molecular flexibility index (Phi) is 8.70. The molecule has 0 radical (unpaired) electrons. The van der Waals surface area contributed by atoms with Crippen LogP contribution in [0, 0.1) is 5.82 Å². The first-order chi connectivity index (χ1) is 21.9. The molecule has 0 unspecified atom stereocenters. The first kappa shape index (κ1) is 29.8. The number of fused-ring (bicyclic) bond motifs is 2. The molecule has 4 aromatic carbocycles. The molecule has 5 aromatic rings. The monoisotopic (exact) mass is 604 g/mol. The van der Waals surface area contributed by atoms with E-state index in [1.807, 2.05) is 42.5 Å². The number of nitrogens with one attached hydrogen (secondary N) is 2. The maximum atomic E-state index is 14.2. The van der Waals surface area contributed by atoms with Crippen LogP contribution in [0.15, 0.2) is 91.0 Å². The molecule has 1 aliphatic heterocycles. The summed E-state index contributed by atoms with van der Waals surface area (Å²) >= 11 is 0. The van der Waals surface area contributed by atoms with Gasteiger partial charge in [-0.2, -0.15) is 0 Å². The number of pyridine rings is 1. The smallest absolute Gasteiger partial charge is 0.274 e. The Balaban J connectivity index is 1.07. The summed E-state index contributed by atoms with van der Waals surface area (Å²) in [6, 6.07) is 26.3. The highest BCUT2D eigenvalue weighted by Gasteiger charge is 2.20. The van der Waals surface area contributed by atoms with Gasteiger partial charge in [-0.15, -0.1) is 0 Å². The number of anilines is 2. The fourth-order valence-corrected chi connectivity index (χ4v) is 5.57. The number of aromatic nitrogens is 1. The summed E-state index contributed by atoms with van der Waals surface area (Å²) in [5.41, 5.74) is 5.29. The summed E-state index contributed by atoms with van der Waals surface area (Å²) in [5.74, 6) is -0.0819.